The van der Waals surface area contributed by atoms with Gasteiger partial charge in [-0.25, -0.2) is 14.0 Å². The zero-order chi connectivity index (χ0) is 20.7. The summed E-state index contributed by atoms with van der Waals surface area (Å²) in [5.41, 5.74) is 0.202. The average molecular weight is 394 g/mol. The normalized spacial score (nSPS) is 18.9. The van der Waals surface area contributed by atoms with E-state index in [9.17, 15) is 9.18 Å². The molecule has 2 saturated heterocycles. The summed E-state index contributed by atoms with van der Waals surface area (Å²) < 4.78 is 13.7. The second kappa shape index (κ2) is 10.2. The van der Waals surface area contributed by atoms with E-state index in [1.807, 2.05) is 4.90 Å². The van der Waals surface area contributed by atoms with Crippen molar-refractivity contribution in [1.82, 2.24) is 9.80 Å². The molecule has 7 nitrogen and oxygen atoms in total. The van der Waals surface area contributed by atoms with Crippen molar-refractivity contribution in [2.24, 2.45) is 5.92 Å². The van der Waals surface area contributed by atoms with Crippen LogP contribution in [0.25, 0.3) is 0 Å². The second-order valence-electron chi connectivity index (χ2n) is 7.33. The average Bonchev–Trinajstić information content (AvgIpc) is 2.69. The third kappa shape index (κ3) is 6.02. The molecule has 28 heavy (non-hydrogen) atoms. The number of nitrogens with zero attached hydrogens (tertiary/aromatic N) is 2. The van der Waals surface area contributed by atoms with Gasteiger partial charge in [0.25, 0.3) is 5.91 Å². The number of hydrogen-bond donors (Lipinski definition) is 2. The molecule has 0 unspecified atom stereocenters. The van der Waals surface area contributed by atoms with E-state index in [2.05, 4.69) is 11.8 Å². The molecule has 2 aliphatic rings. The van der Waals surface area contributed by atoms with Crippen LogP contribution < -0.4 is 0 Å². The summed E-state index contributed by atoms with van der Waals surface area (Å²) in [5, 5.41) is 14.8. The van der Waals surface area contributed by atoms with Crippen LogP contribution in [0.4, 0.5) is 4.39 Å². The van der Waals surface area contributed by atoms with Gasteiger partial charge in [-0.3, -0.25) is 4.79 Å². The molecule has 0 aliphatic carbocycles. The number of carbonyl (C=O) groups is 3. The lowest BCUT2D eigenvalue weighted by molar-refractivity contribution is -0.159. The molecule has 0 spiro atoms. The highest BCUT2D eigenvalue weighted by molar-refractivity contribution is 6.27. The Balaban J connectivity index is 0.000000409. The zero-order valence-corrected chi connectivity index (χ0v) is 16.0. The number of hydrogen-bond acceptors (Lipinski definition) is 4. The quantitative estimate of drug-likeness (QED) is 0.747. The summed E-state index contributed by atoms with van der Waals surface area (Å²) in [6.07, 6.45) is 4.59. The van der Waals surface area contributed by atoms with Crippen molar-refractivity contribution in [3.8, 4) is 0 Å². The minimum absolute atomic E-state index is 0.163. The summed E-state index contributed by atoms with van der Waals surface area (Å²) in [6.45, 7) is 6.18. The molecule has 1 amide bonds. The first-order valence-corrected chi connectivity index (χ1v) is 9.53. The lowest BCUT2D eigenvalue weighted by atomic mass is 9.94. The van der Waals surface area contributed by atoms with Crippen LogP contribution in [-0.2, 0) is 9.59 Å². The van der Waals surface area contributed by atoms with E-state index in [1.54, 1.807) is 18.2 Å². The fourth-order valence-corrected chi connectivity index (χ4v) is 3.63. The van der Waals surface area contributed by atoms with E-state index in [1.165, 1.54) is 32.0 Å². The van der Waals surface area contributed by atoms with Crippen molar-refractivity contribution in [3.05, 3.63) is 35.6 Å². The van der Waals surface area contributed by atoms with Crippen molar-refractivity contribution in [3.63, 3.8) is 0 Å². The number of amides is 1. The summed E-state index contributed by atoms with van der Waals surface area (Å²) in [7, 11) is 0. The summed E-state index contributed by atoms with van der Waals surface area (Å²) >= 11 is 0. The molecule has 2 heterocycles. The van der Waals surface area contributed by atoms with Gasteiger partial charge in [-0.2, -0.15) is 0 Å². The van der Waals surface area contributed by atoms with Crippen LogP contribution in [0.3, 0.4) is 0 Å². The summed E-state index contributed by atoms with van der Waals surface area (Å²) in [5.74, 6) is -3.38. The molecule has 2 aliphatic heterocycles. The Morgan fingerprint density at radius 2 is 1.46 bits per heavy atom. The first-order valence-electron chi connectivity index (χ1n) is 9.53. The molecule has 1 aromatic rings. The van der Waals surface area contributed by atoms with Gasteiger partial charge >= 0.3 is 11.9 Å². The van der Waals surface area contributed by atoms with Gasteiger partial charge in [0.1, 0.15) is 5.82 Å². The molecule has 0 bridgehead atoms. The monoisotopic (exact) mass is 394 g/mol. The van der Waals surface area contributed by atoms with E-state index in [0.717, 1.165) is 31.8 Å². The van der Waals surface area contributed by atoms with Crippen LogP contribution in [0.1, 0.15) is 43.0 Å². The predicted molar refractivity (Wildman–Crippen MR) is 101 cm³/mol. The highest BCUT2D eigenvalue weighted by Crippen LogP contribution is 2.24. The standard InChI is InChI=1S/C18H25FN2O.C2H2O4/c1-14-6-10-20(11-7-14)15-8-12-21(13-9-15)18(22)16-4-2-3-5-17(16)19;3-1(4)2(5)6/h2-5,14-15H,6-13H2,1H3;(H,3,4)(H,5,6). The molecule has 0 aromatic heterocycles. The smallest absolute Gasteiger partial charge is 0.414 e. The summed E-state index contributed by atoms with van der Waals surface area (Å²) in [4.78, 5) is 35.0. The maximum atomic E-state index is 13.7. The Bertz CT molecular complexity index is 684. The van der Waals surface area contributed by atoms with Crippen LogP contribution in [0.2, 0.25) is 0 Å². The van der Waals surface area contributed by atoms with Crippen molar-refractivity contribution in [2.45, 2.75) is 38.6 Å². The van der Waals surface area contributed by atoms with E-state index in [-0.39, 0.29) is 11.5 Å². The molecule has 0 radical (unpaired) electrons. The van der Waals surface area contributed by atoms with Crippen LogP contribution in [0.15, 0.2) is 24.3 Å². The Labute approximate surface area is 163 Å². The van der Waals surface area contributed by atoms with Gasteiger partial charge < -0.3 is 20.0 Å². The van der Waals surface area contributed by atoms with E-state index in [0.29, 0.717) is 6.04 Å². The molecule has 1 aromatic carbocycles. The molecular formula is C20H27FN2O5. The van der Waals surface area contributed by atoms with Gasteiger partial charge in [0.15, 0.2) is 0 Å². The first kappa shape index (κ1) is 21.8. The van der Waals surface area contributed by atoms with Crippen molar-refractivity contribution in [2.75, 3.05) is 26.2 Å². The van der Waals surface area contributed by atoms with Crippen molar-refractivity contribution >= 4 is 17.8 Å². The number of rotatable bonds is 2. The minimum Gasteiger partial charge on any atom is -0.473 e. The van der Waals surface area contributed by atoms with Crippen molar-refractivity contribution < 1.29 is 29.0 Å². The number of carbonyl (C=O) groups excluding carboxylic acids is 1. The zero-order valence-electron chi connectivity index (χ0n) is 16.0. The molecule has 2 fully saturated rings. The molecular weight excluding hydrogens is 367 g/mol. The fraction of sp³-hybridized carbons (Fsp3) is 0.550. The Morgan fingerprint density at radius 1 is 0.929 bits per heavy atom. The lowest BCUT2D eigenvalue weighted by Gasteiger charge is -2.41. The minimum atomic E-state index is -1.82. The van der Waals surface area contributed by atoms with Gasteiger partial charge in [-0.05, 0) is 56.8 Å². The molecule has 2 N–H and O–H groups in total. The third-order valence-corrected chi connectivity index (χ3v) is 5.37. The van der Waals surface area contributed by atoms with Crippen LogP contribution in [0, 0.1) is 11.7 Å². The van der Waals surface area contributed by atoms with Gasteiger partial charge in [0.05, 0.1) is 5.56 Å². The molecule has 0 saturated carbocycles. The van der Waals surface area contributed by atoms with Crippen LogP contribution >= 0.6 is 0 Å². The molecule has 154 valence electrons. The molecule has 0 atom stereocenters. The Hall–Kier alpha value is -2.48. The highest BCUT2D eigenvalue weighted by atomic mass is 19.1. The number of likely N-dealkylation sites (tertiary alicyclic amines) is 2. The first-order chi connectivity index (χ1) is 13.3. The molecule has 8 heteroatoms. The Morgan fingerprint density at radius 3 is 1.96 bits per heavy atom. The van der Waals surface area contributed by atoms with Crippen LogP contribution in [-0.4, -0.2) is 70.1 Å². The number of piperidine rings is 2. The predicted octanol–water partition coefficient (Wildman–Crippen LogP) is 2.32. The number of aliphatic carboxylic acids is 2. The second-order valence-corrected chi connectivity index (χ2v) is 7.33. The fourth-order valence-electron chi connectivity index (χ4n) is 3.63. The summed E-state index contributed by atoms with van der Waals surface area (Å²) in [6, 6.07) is 6.87. The van der Waals surface area contributed by atoms with Gasteiger partial charge in [0, 0.05) is 19.1 Å². The lowest BCUT2D eigenvalue weighted by Crippen LogP contribution is -2.49. The number of halogens is 1. The van der Waals surface area contributed by atoms with Crippen molar-refractivity contribution in [1.29, 1.82) is 0 Å². The maximum absolute atomic E-state index is 13.7. The maximum Gasteiger partial charge on any atom is 0.414 e. The number of benzene rings is 1. The number of carboxylic acid groups (broad SMARTS) is 2. The topological polar surface area (TPSA) is 98.2 Å². The number of carboxylic acids is 2. The van der Waals surface area contributed by atoms with E-state index < -0.39 is 17.8 Å². The van der Waals surface area contributed by atoms with E-state index in [4.69, 9.17) is 19.8 Å². The SMILES string of the molecule is CC1CCN(C2CCN(C(=O)c3ccccc3F)CC2)CC1.O=C(O)C(=O)O. The van der Waals surface area contributed by atoms with Gasteiger partial charge in [-0.15, -0.1) is 0 Å². The third-order valence-electron chi connectivity index (χ3n) is 5.37. The van der Waals surface area contributed by atoms with Gasteiger partial charge in [0.2, 0.25) is 0 Å². The largest absolute Gasteiger partial charge is 0.473 e. The van der Waals surface area contributed by atoms with E-state index >= 15 is 0 Å². The Kier molecular flexibility index (Phi) is 7.92. The highest BCUT2D eigenvalue weighted by Gasteiger charge is 2.29. The van der Waals surface area contributed by atoms with Gasteiger partial charge in [-0.1, -0.05) is 19.1 Å². The van der Waals surface area contributed by atoms with Crippen LogP contribution in [0.5, 0.6) is 0 Å². The molecule has 3 rings (SSSR count).